The van der Waals surface area contributed by atoms with E-state index in [0.29, 0.717) is 5.56 Å². The highest BCUT2D eigenvalue weighted by Gasteiger charge is 2.45. The summed E-state index contributed by atoms with van der Waals surface area (Å²) >= 11 is 0. The van der Waals surface area contributed by atoms with Gasteiger partial charge in [-0.3, -0.25) is 4.79 Å². The summed E-state index contributed by atoms with van der Waals surface area (Å²) in [7, 11) is 1.35. The SMILES string of the molecule is COc1cc2c(=O)c(-c3ccc(O)cc3)coc2cc1O[C@@H]1O[C@@H](CO)[C@H](O)[C@@H](O)[C@H]1O. The highest BCUT2D eigenvalue weighted by Crippen LogP contribution is 2.35. The highest BCUT2D eigenvalue weighted by molar-refractivity contribution is 5.84. The zero-order valence-corrected chi connectivity index (χ0v) is 16.9. The van der Waals surface area contributed by atoms with Gasteiger partial charge in [0.05, 0.1) is 24.7 Å². The van der Waals surface area contributed by atoms with Crippen LogP contribution in [0.4, 0.5) is 0 Å². The Kier molecular flexibility index (Phi) is 6.04. The monoisotopic (exact) mass is 446 g/mol. The number of phenolic OH excluding ortho intramolecular Hbond substituents is 1. The molecule has 0 saturated carbocycles. The number of phenols is 1. The zero-order valence-electron chi connectivity index (χ0n) is 16.9. The average Bonchev–Trinajstić information content (AvgIpc) is 2.80. The second-order valence-electron chi connectivity index (χ2n) is 7.34. The third-order valence-electron chi connectivity index (χ3n) is 5.33. The molecule has 2 aromatic carbocycles. The first-order valence-corrected chi connectivity index (χ1v) is 9.74. The number of aliphatic hydroxyl groups excluding tert-OH is 4. The van der Waals surface area contributed by atoms with Crippen molar-refractivity contribution in [3.8, 4) is 28.4 Å². The van der Waals surface area contributed by atoms with E-state index in [1.807, 2.05) is 0 Å². The van der Waals surface area contributed by atoms with Gasteiger partial charge in [0, 0.05) is 6.07 Å². The van der Waals surface area contributed by atoms with Crippen molar-refractivity contribution in [3.63, 3.8) is 0 Å². The van der Waals surface area contributed by atoms with Crippen molar-refractivity contribution in [3.05, 3.63) is 52.9 Å². The quantitative estimate of drug-likeness (QED) is 0.370. The fourth-order valence-corrected chi connectivity index (χ4v) is 3.52. The van der Waals surface area contributed by atoms with Gasteiger partial charge in [-0.2, -0.15) is 0 Å². The third-order valence-corrected chi connectivity index (χ3v) is 5.33. The summed E-state index contributed by atoms with van der Waals surface area (Å²) < 4.78 is 21.9. The molecule has 0 unspecified atom stereocenters. The summed E-state index contributed by atoms with van der Waals surface area (Å²) in [6, 6.07) is 8.86. The maximum absolute atomic E-state index is 13.0. The Morgan fingerprint density at radius 1 is 1.00 bits per heavy atom. The minimum atomic E-state index is -1.61. The van der Waals surface area contributed by atoms with Crippen LogP contribution in [0.1, 0.15) is 0 Å². The molecular weight excluding hydrogens is 424 g/mol. The van der Waals surface area contributed by atoms with E-state index in [-0.39, 0.29) is 39.2 Å². The molecule has 4 rings (SSSR count). The van der Waals surface area contributed by atoms with Crippen LogP contribution in [-0.4, -0.2) is 70.0 Å². The minimum absolute atomic E-state index is 0.0462. The van der Waals surface area contributed by atoms with Gasteiger partial charge in [0.25, 0.3) is 0 Å². The molecule has 32 heavy (non-hydrogen) atoms. The first-order chi connectivity index (χ1) is 15.3. The third kappa shape index (κ3) is 3.90. The molecule has 0 aliphatic carbocycles. The van der Waals surface area contributed by atoms with Crippen LogP contribution in [0.2, 0.25) is 0 Å². The van der Waals surface area contributed by atoms with Crippen molar-refractivity contribution in [1.82, 2.24) is 0 Å². The van der Waals surface area contributed by atoms with E-state index >= 15 is 0 Å². The Hall–Kier alpha value is -3.15. The molecule has 10 heteroatoms. The largest absolute Gasteiger partial charge is 0.508 e. The van der Waals surface area contributed by atoms with Crippen LogP contribution >= 0.6 is 0 Å². The molecule has 1 aliphatic rings. The molecule has 5 N–H and O–H groups in total. The lowest BCUT2D eigenvalue weighted by Gasteiger charge is -2.39. The van der Waals surface area contributed by atoms with Gasteiger partial charge in [0.1, 0.15) is 42.0 Å². The predicted octanol–water partition coefficient (Wildman–Crippen LogP) is 0.353. The molecule has 1 fully saturated rings. The van der Waals surface area contributed by atoms with Crippen molar-refractivity contribution in [2.24, 2.45) is 0 Å². The highest BCUT2D eigenvalue weighted by atomic mass is 16.7. The normalized spacial score (nSPS) is 25.6. The molecule has 0 radical (unpaired) electrons. The van der Waals surface area contributed by atoms with Gasteiger partial charge in [-0.25, -0.2) is 0 Å². The zero-order chi connectivity index (χ0) is 23.0. The van der Waals surface area contributed by atoms with Gasteiger partial charge in [-0.1, -0.05) is 12.1 Å². The standard InChI is InChI=1S/C22H22O10/c1-29-15-6-12-14(30-9-13(18(12)25)10-2-4-11(24)5-3-10)7-16(15)31-22-21(28)20(27)19(26)17(8-23)32-22/h2-7,9,17,19-24,26-28H,8H2,1H3/t17-,19-,20+,21+,22+/m0/s1. The van der Waals surface area contributed by atoms with Gasteiger partial charge in [0.2, 0.25) is 11.7 Å². The van der Waals surface area contributed by atoms with Crippen LogP contribution in [0.3, 0.4) is 0 Å². The summed E-state index contributed by atoms with van der Waals surface area (Å²) in [5, 5.41) is 49.1. The Morgan fingerprint density at radius 3 is 2.38 bits per heavy atom. The second kappa shape index (κ2) is 8.77. The Bertz CT molecular complexity index is 1150. The number of fused-ring (bicyclic) bond motifs is 1. The van der Waals surface area contributed by atoms with Gasteiger partial charge in [-0.15, -0.1) is 0 Å². The first-order valence-electron chi connectivity index (χ1n) is 9.74. The van der Waals surface area contributed by atoms with Gasteiger partial charge >= 0.3 is 0 Å². The van der Waals surface area contributed by atoms with E-state index < -0.39 is 37.3 Å². The van der Waals surface area contributed by atoms with E-state index in [2.05, 4.69) is 0 Å². The van der Waals surface area contributed by atoms with Gasteiger partial charge < -0.3 is 44.2 Å². The predicted molar refractivity (Wildman–Crippen MR) is 111 cm³/mol. The Morgan fingerprint density at radius 2 is 1.72 bits per heavy atom. The molecule has 0 bridgehead atoms. The van der Waals surface area contributed by atoms with Crippen molar-refractivity contribution < 1.29 is 44.2 Å². The van der Waals surface area contributed by atoms with Crippen LogP contribution in [0.25, 0.3) is 22.1 Å². The maximum Gasteiger partial charge on any atom is 0.229 e. The molecule has 1 aromatic heterocycles. The van der Waals surface area contributed by atoms with E-state index in [4.69, 9.17) is 18.6 Å². The number of rotatable bonds is 5. The molecular formula is C22H22O10. The van der Waals surface area contributed by atoms with E-state index in [1.165, 1.54) is 37.6 Å². The van der Waals surface area contributed by atoms with Crippen molar-refractivity contribution in [1.29, 1.82) is 0 Å². The number of aliphatic hydroxyl groups is 4. The van der Waals surface area contributed by atoms with Crippen LogP contribution in [0, 0.1) is 0 Å². The molecule has 1 aliphatic heterocycles. The first kappa shape index (κ1) is 22.1. The number of benzene rings is 2. The minimum Gasteiger partial charge on any atom is -0.508 e. The molecule has 3 aromatic rings. The Balaban J connectivity index is 1.71. The fraction of sp³-hybridized carbons (Fsp3) is 0.318. The maximum atomic E-state index is 13.0. The molecule has 0 amide bonds. The molecule has 5 atom stereocenters. The lowest BCUT2D eigenvalue weighted by atomic mass is 9.99. The topological polar surface area (TPSA) is 159 Å². The van der Waals surface area contributed by atoms with Crippen molar-refractivity contribution in [2.45, 2.75) is 30.7 Å². The summed E-state index contributed by atoms with van der Waals surface area (Å²) in [5.41, 5.74) is 0.661. The lowest BCUT2D eigenvalue weighted by molar-refractivity contribution is -0.277. The number of methoxy groups -OCH3 is 1. The van der Waals surface area contributed by atoms with Crippen LogP contribution < -0.4 is 14.9 Å². The molecule has 1 saturated heterocycles. The van der Waals surface area contributed by atoms with Crippen LogP contribution in [0.5, 0.6) is 17.2 Å². The van der Waals surface area contributed by atoms with Gasteiger partial charge in [0.15, 0.2) is 11.5 Å². The molecule has 170 valence electrons. The number of hydrogen-bond donors (Lipinski definition) is 5. The molecule has 10 nitrogen and oxygen atoms in total. The van der Waals surface area contributed by atoms with Crippen molar-refractivity contribution in [2.75, 3.05) is 13.7 Å². The Labute approximate surface area is 181 Å². The van der Waals surface area contributed by atoms with E-state index in [0.717, 1.165) is 0 Å². The number of hydrogen-bond acceptors (Lipinski definition) is 10. The van der Waals surface area contributed by atoms with E-state index in [9.17, 15) is 30.3 Å². The van der Waals surface area contributed by atoms with Gasteiger partial charge in [-0.05, 0) is 23.8 Å². The summed E-state index contributed by atoms with van der Waals surface area (Å²) in [5.74, 6) is 0.241. The molecule has 2 heterocycles. The number of aromatic hydroxyl groups is 1. The van der Waals surface area contributed by atoms with Crippen LogP contribution in [-0.2, 0) is 4.74 Å². The summed E-state index contributed by atoms with van der Waals surface area (Å²) in [6.45, 7) is -0.603. The van der Waals surface area contributed by atoms with E-state index in [1.54, 1.807) is 12.1 Å². The smallest absolute Gasteiger partial charge is 0.229 e. The second-order valence-corrected chi connectivity index (χ2v) is 7.34. The average molecular weight is 446 g/mol. The summed E-state index contributed by atoms with van der Waals surface area (Å²) in [6.07, 6.45) is -6.04. The fourth-order valence-electron chi connectivity index (χ4n) is 3.52. The lowest BCUT2D eigenvalue weighted by Crippen LogP contribution is -2.60. The number of ether oxygens (including phenoxy) is 3. The van der Waals surface area contributed by atoms with Crippen LogP contribution in [0.15, 0.2) is 51.9 Å². The summed E-state index contributed by atoms with van der Waals surface area (Å²) in [4.78, 5) is 13.0. The van der Waals surface area contributed by atoms with Crippen molar-refractivity contribution >= 4 is 11.0 Å². The molecule has 0 spiro atoms.